The molecule has 2 atom stereocenters. The van der Waals surface area contributed by atoms with Crippen molar-refractivity contribution in [2.45, 2.75) is 31.6 Å². The van der Waals surface area contributed by atoms with Gasteiger partial charge in [-0.2, -0.15) is 18.3 Å². The van der Waals surface area contributed by atoms with Gasteiger partial charge >= 0.3 is 6.18 Å². The van der Waals surface area contributed by atoms with Crippen molar-refractivity contribution in [3.8, 4) is 5.75 Å². The summed E-state index contributed by atoms with van der Waals surface area (Å²) in [6.07, 6.45) is -4.79. The van der Waals surface area contributed by atoms with Gasteiger partial charge in [0.05, 0.1) is 16.2 Å². The molecule has 4 rings (SSSR count). The lowest BCUT2D eigenvalue weighted by molar-refractivity contribution is -0.173. The highest BCUT2D eigenvalue weighted by Gasteiger charge is 2.48. The summed E-state index contributed by atoms with van der Waals surface area (Å²) in [5.74, 6) is -0.807. The molecule has 3 heterocycles. The Morgan fingerprint density at radius 1 is 1.40 bits per heavy atom. The number of anilines is 2. The fourth-order valence-corrected chi connectivity index (χ4v) is 4.69. The summed E-state index contributed by atoms with van der Waals surface area (Å²) >= 11 is 4.59. The normalized spacial score (nSPS) is 18.6. The number of amides is 1. The average Bonchev–Trinajstić information content (AvgIpc) is 3.32. The second-order valence-electron chi connectivity index (χ2n) is 6.94. The van der Waals surface area contributed by atoms with Crippen LogP contribution in [0.1, 0.15) is 39.4 Å². The average molecular weight is 501 g/mol. The second kappa shape index (κ2) is 7.62. The fraction of sp³-hybridized carbons (Fsp3) is 0.263. The van der Waals surface area contributed by atoms with E-state index in [9.17, 15) is 23.1 Å². The zero-order valence-electron chi connectivity index (χ0n) is 15.5. The van der Waals surface area contributed by atoms with Crippen LogP contribution in [0.15, 0.2) is 40.2 Å². The van der Waals surface area contributed by atoms with E-state index < -0.39 is 24.2 Å². The van der Waals surface area contributed by atoms with Gasteiger partial charge < -0.3 is 15.7 Å². The lowest BCUT2D eigenvalue weighted by Crippen LogP contribution is -2.35. The zero-order valence-corrected chi connectivity index (χ0v) is 17.9. The molecule has 158 valence electrons. The molecule has 11 heteroatoms. The molecule has 30 heavy (non-hydrogen) atoms. The smallest absolute Gasteiger partial charge is 0.410 e. The molecule has 1 aliphatic rings. The summed E-state index contributed by atoms with van der Waals surface area (Å²) in [7, 11) is 0. The van der Waals surface area contributed by atoms with Gasteiger partial charge in [0.1, 0.15) is 11.6 Å². The van der Waals surface area contributed by atoms with E-state index in [1.165, 1.54) is 17.4 Å². The number of aryl methyl sites for hydroxylation is 1. The number of aromatic nitrogens is 2. The highest BCUT2D eigenvalue weighted by atomic mass is 79.9. The number of hydrogen-bond donors (Lipinski definition) is 3. The largest absolute Gasteiger partial charge is 0.506 e. The number of rotatable bonds is 3. The van der Waals surface area contributed by atoms with Gasteiger partial charge in [-0.1, -0.05) is 12.1 Å². The zero-order chi connectivity index (χ0) is 21.6. The van der Waals surface area contributed by atoms with Crippen molar-refractivity contribution >= 4 is 44.7 Å². The van der Waals surface area contributed by atoms with Crippen LogP contribution < -0.4 is 10.6 Å². The molecule has 0 radical (unpaired) electrons. The number of thiophene rings is 1. The van der Waals surface area contributed by atoms with Crippen molar-refractivity contribution in [1.29, 1.82) is 0 Å². The standard InChI is InChI=1S/C19H16BrF3N4O2S/c1-9-4-5-12(28)10(7-9)25-18(29)16-15(20)17-24-11(13-3-2-6-30-13)8-14(19(21,22)23)27(17)26-16/h2-7,11,14,24,28H,8H2,1H3,(H,25,29)/t11-,14-/m1/s1. The number of phenols is 1. The number of carbonyl (C=O) groups is 1. The van der Waals surface area contributed by atoms with E-state index in [2.05, 4.69) is 31.7 Å². The Labute approximate surface area is 181 Å². The third kappa shape index (κ3) is 3.79. The Bertz CT molecular complexity index is 1100. The molecule has 0 unspecified atom stereocenters. The number of fused-ring (bicyclic) bond motifs is 1. The van der Waals surface area contributed by atoms with Gasteiger partial charge in [0, 0.05) is 11.3 Å². The van der Waals surface area contributed by atoms with Crippen LogP contribution in [-0.4, -0.2) is 27.0 Å². The lowest BCUT2D eigenvalue weighted by atomic mass is 10.0. The third-order valence-corrected chi connectivity index (χ3v) is 6.53. The first-order valence-electron chi connectivity index (χ1n) is 8.90. The molecule has 1 aromatic carbocycles. The second-order valence-corrected chi connectivity index (χ2v) is 8.71. The van der Waals surface area contributed by atoms with E-state index in [4.69, 9.17) is 0 Å². The summed E-state index contributed by atoms with van der Waals surface area (Å²) < 4.78 is 42.3. The minimum Gasteiger partial charge on any atom is -0.506 e. The van der Waals surface area contributed by atoms with E-state index in [1.54, 1.807) is 36.6 Å². The molecule has 0 fully saturated rings. The van der Waals surface area contributed by atoms with Crippen LogP contribution in [0.3, 0.4) is 0 Å². The molecule has 0 saturated heterocycles. The summed E-state index contributed by atoms with van der Waals surface area (Å²) in [6.45, 7) is 1.78. The number of nitrogens with zero attached hydrogens (tertiary/aromatic N) is 2. The number of halogens is 4. The maximum atomic E-state index is 13.8. The quantitative estimate of drug-likeness (QED) is 0.407. The Balaban J connectivity index is 1.71. The molecule has 3 aromatic rings. The van der Waals surface area contributed by atoms with E-state index in [1.807, 2.05) is 0 Å². The third-order valence-electron chi connectivity index (χ3n) is 4.80. The SMILES string of the molecule is Cc1ccc(O)c(NC(=O)c2nn3c(c2Br)N[C@@H](c2cccs2)C[C@@H]3C(F)(F)F)c1. The molecular weight excluding hydrogens is 485 g/mol. The number of phenolic OH excluding ortho intramolecular Hbond substituents is 1. The van der Waals surface area contributed by atoms with Crippen molar-refractivity contribution in [3.63, 3.8) is 0 Å². The Kier molecular flexibility index (Phi) is 5.27. The first-order valence-corrected chi connectivity index (χ1v) is 10.6. The Morgan fingerprint density at radius 2 is 2.17 bits per heavy atom. The molecule has 0 saturated carbocycles. The predicted molar refractivity (Wildman–Crippen MR) is 111 cm³/mol. The van der Waals surface area contributed by atoms with Crippen LogP contribution in [0.4, 0.5) is 24.7 Å². The van der Waals surface area contributed by atoms with Gasteiger partial charge in [-0.15, -0.1) is 11.3 Å². The highest BCUT2D eigenvalue weighted by Crippen LogP contribution is 2.47. The first kappa shape index (κ1) is 20.7. The van der Waals surface area contributed by atoms with Crippen molar-refractivity contribution in [3.05, 3.63) is 56.3 Å². The van der Waals surface area contributed by atoms with E-state index >= 15 is 0 Å². The Morgan fingerprint density at radius 3 is 2.83 bits per heavy atom. The minimum absolute atomic E-state index is 0.0839. The number of benzene rings is 1. The number of alkyl halides is 3. The van der Waals surface area contributed by atoms with Crippen LogP contribution in [0.5, 0.6) is 5.75 Å². The summed E-state index contributed by atoms with van der Waals surface area (Å²) in [5.41, 5.74) is 0.734. The number of nitrogens with one attached hydrogen (secondary N) is 2. The van der Waals surface area contributed by atoms with Crippen molar-refractivity contribution in [2.75, 3.05) is 10.6 Å². The van der Waals surface area contributed by atoms with E-state index in [0.717, 1.165) is 15.1 Å². The molecule has 6 nitrogen and oxygen atoms in total. The maximum Gasteiger partial charge on any atom is 0.410 e. The number of hydrogen-bond acceptors (Lipinski definition) is 5. The topological polar surface area (TPSA) is 79.2 Å². The van der Waals surface area contributed by atoms with Crippen LogP contribution in [-0.2, 0) is 0 Å². The van der Waals surface area contributed by atoms with Crippen molar-refractivity contribution < 1.29 is 23.1 Å². The molecule has 1 amide bonds. The number of aromatic hydroxyl groups is 1. The summed E-state index contributed by atoms with van der Waals surface area (Å²) in [6, 6.07) is 5.74. The van der Waals surface area contributed by atoms with Gasteiger partial charge in [0.2, 0.25) is 0 Å². The molecule has 3 N–H and O–H groups in total. The summed E-state index contributed by atoms with van der Waals surface area (Å²) in [4.78, 5) is 13.5. The molecule has 1 aliphatic heterocycles. The molecular formula is C19H16BrF3N4O2S. The maximum absolute atomic E-state index is 13.8. The first-order chi connectivity index (χ1) is 14.1. The van der Waals surface area contributed by atoms with Crippen molar-refractivity contribution in [2.24, 2.45) is 0 Å². The van der Waals surface area contributed by atoms with Gasteiger partial charge in [-0.25, -0.2) is 4.68 Å². The predicted octanol–water partition coefficient (Wildman–Crippen LogP) is 5.63. The van der Waals surface area contributed by atoms with Gasteiger partial charge in [0.15, 0.2) is 11.7 Å². The van der Waals surface area contributed by atoms with Crippen LogP contribution in [0.25, 0.3) is 0 Å². The van der Waals surface area contributed by atoms with E-state index in [0.29, 0.717) is 0 Å². The van der Waals surface area contributed by atoms with Crippen molar-refractivity contribution in [1.82, 2.24) is 9.78 Å². The molecule has 0 spiro atoms. The van der Waals surface area contributed by atoms with Gasteiger partial charge in [-0.05, 0) is 52.0 Å². The minimum atomic E-state index is -4.54. The van der Waals surface area contributed by atoms with Crippen LogP contribution in [0.2, 0.25) is 0 Å². The molecule has 0 bridgehead atoms. The molecule has 2 aromatic heterocycles. The van der Waals surface area contributed by atoms with Gasteiger partial charge in [-0.3, -0.25) is 4.79 Å². The van der Waals surface area contributed by atoms with Crippen LogP contribution >= 0.6 is 27.3 Å². The number of carbonyl (C=O) groups excluding carboxylic acids is 1. The van der Waals surface area contributed by atoms with Gasteiger partial charge in [0.25, 0.3) is 5.91 Å². The summed E-state index contributed by atoms with van der Waals surface area (Å²) in [5, 5.41) is 21.3. The van der Waals surface area contributed by atoms with Crippen LogP contribution in [0, 0.1) is 6.92 Å². The monoisotopic (exact) mass is 500 g/mol. The van der Waals surface area contributed by atoms with E-state index in [-0.39, 0.29) is 33.8 Å². The lowest BCUT2D eigenvalue weighted by Gasteiger charge is -2.33. The molecule has 0 aliphatic carbocycles. The highest BCUT2D eigenvalue weighted by molar-refractivity contribution is 9.10. The Hall–Kier alpha value is -2.53. The fourth-order valence-electron chi connectivity index (χ4n) is 3.34.